The van der Waals surface area contributed by atoms with Crippen LogP contribution in [0.5, 0.6) is 17.2 Å². The van der Waals surface area contributed by atoms with Crippen molar-refractivity contribution in [2.24, 2.45) is 0 Å². The Labute approximate surface area is 135 Å². The van der Waals surface area contributed by atoms with Crippen LogP contribution in [-0.4, -0.2) is 34.7 Å². The average Bonchev–Trinajstić information content (AvgIpc) is 2.52. The molecule has 1 aromatic carbocycles. The van der Waals surface area contributed by atoms with Crippen LogP contribution in [0.15, 0.2) is 36.1 Å². The van der Waals surface area contributed by atoms with Gasteiger partial charge in [0.15, 0.2) is 17.2 Å². The molecule has 0 aliphatic carbocycles. The summed E-state index contributed by atoms with van der Waals surface area (Å²) in [4.78, 5) is -0.290. The number of allylic oxidation sites excluding steroid dienone is 2. The molecule has 1 aliphatic heterocycles. The van der Waals surface area contributed by atoms with Gasteiger partial charge < -0.3 is 19.4 Å². The van der Waals surface area contributed by atoms with E-state index < -0.39 is 14.9 Å². The summed E-state index contributed by atoms with van der Waals surface area (Å²) in [7, 11) is 1.60. The summed E-state index contributed by atoms with van der Waals surface area (Å²) in [6.45, 7) is 1.57. The second kappa shape index (κ2) is 6.45. The van der Waals surface area contributed by atoms with Gasteiger partial charge in [0.25, 0.3) is 15.3 Å². The first-order valence-electron chi connectivity index (χ1n) is 6.62. The molecular formula is C15H17NO6S. The lowest BCUT2D eigenvalue weighted by Gasteiger charge is -2.39. The molecule has 1 aliphatic rings. The second-order valence-corrected chi connectivity index (χ2v) is 5.63. The molecule has 0 fully saturated rings. The molecule has 0 saturated carbocycles. The third kappa shape index (κ3) is 2.83. The quantitative estimate of drug-likeness (QED) is 0.474. The minimum absolute atomic E-state index is 0.127. The van der Waals surface area contributed by atoms with Gasteiger partial charge in [-0.3, -0.25) is 4.65 Å². The molecule has 124 valence electrons. The molecule has 0 N–H and O–H groups in total. The number of ether oxygens (including phenoxy) is 3. The summed E-state index contributed by atoms with van der Waals surface area (Å²) < 4.78 is 37.5. The van der Waals surface area contributed by atoms with E-state index in [0.717, 1.165) is 0 Å². The van der Waals surface area contributed by atoms with E-state index in [2.05, 4.69) is 0 Å². The molecule has 0 amide bonds. The van der Waals surface area contributed by atoms with Gasteiger partial charge >= 0.3 is 0 Å². The highest BCUT2D eigenvalue weighted by Crippen LogP contribution is 2.43. The van der Waals surface area contributed by atoms with Crippen LogP contribution in [0.4, 0.5) is 5.69 Å². The molecule has 1 aromatic rings. The number of hydrogen-bond donors (Lipinski definition) is 0. The normalized spacial score (nSPS) is 20.0. The first kappa shape index (κ1) is 17.1. The molecular weight excluding hydrogens is 322 g/mol. The zero-order valence-corrected chi connectivity index (χ0v) is 14.0. The van der Waals surface area contributed by atoms with Gasteiger partial charge in [-0.2, -0.15) is 8.42 Å². The minimum Gasteiger partial charge on any atom is -0.616 e. The van der Waals surface area contributed by atoms with E-state index in [0.29, 0.717) is 11.3 Å². The predicted octanol–water partition coefficient (Wildman–Crippen LogP) is 2.00. The van der Waals surface area contributed by atoms with Crippen molar-refractivity contribution in [2.75, 3.05) is 21.3 Å². The maximum atomic E-state index is 13.3. The summed E-state index contributed by atoms with van der Waals surface area (Å²) in [6, 6.07) is 2.87. The minimum atomic E-state index is -2.68. The molecule has 0 saturated heterocycles. The standard InChI is InChI=1S/C15H17NO6S/c1-10-6-5-7-16(17,15(10)23(18)19)11-8-12(20-2)14(22-4)13(9-11)21-3/h5-9H,1-4H3. The van der Waals surface area contributed by atoms with E-state index in [1.807, 2.05) is 0 Å². The first-order chi connectivity index (χ1) is 10.9. The fourth-order valence-corrected chi connectivity index (χ4v) is 3.13. The molecule has 0 radical (unpaired) electrons. The number of methoxy groups -OCH3 is 3. The topological polar surface area (TPSA) is 84.9 Å². The van der Waals surface area contributed by atoms with Crippen molar-refractivity contribution in [1.82, 2.24) is 4.65 Å². The van der Waals surface area contributed by atoms with E-state index in [4.69, 9.17) is 14.2 Å². The molecule has 1 unspecified atom stereocenters. The van der Waals surface area contributed by atoms with Crippen molar-refractivity contribution >= 4 is 21.0 Å². The average molecular weight is 339 g/mol. The van der Waals surface area contributed by atoms with Gasteiger partial charge in [0.2, 0.25) is 5.75 Å². The molecule has 23 heavy (non-hydrogen) atoms. The lowest BCUT2D eigenvalue weighted by atomic mass is 10.1. The van der Waals surface area contributed by atoms with Gasteiger partial charge in [0, 0.05) is 17.7 Å². The smallest absolute Gasteiger partial charge is 0.277 e. The number of hydrogen-bond acceptors (Lipinski definition) is 6. The van der Waals surface area contributed by atoms with Crippen molar-refractivity contribution in [1.29, 1.82) is 0 Å². The maximum absolute atomic E-state index is 13.3. The summed E-state index contributed by atoms with van der Waals surface area (Å²) in [5.74, 6) is 0.863. The predicted molar refractivity (Wildman–Crippen MR) is 88.1 cm³/mol. The van der Waals surface area contributed by atoms with Crippen LogP contribution < -0.4 is 18.9 Å². The molecule has 0 bridgehead atoms. The first-order valence-corrected chi connectivity index (χ1v) is 7.70. The van der Waals surface area contributed by atoms with Crippen molar-refractivity contribution in [3.05, 3.63) is 41.3 Å². The summed E-state index contributed by atoms with van der Waals surface area (Å²) in [5, 5.41) is 13.3. The third-order valence-corrected chi connectivity index (χ3v) is 4.38. The summed E-state index contributed by atoms with van der Waals surface area (Å²) in [5.41, 5.74) is 0.493. The van der Waals surface area contributed by atoms with Crippen molar-refractivity contribution in [3.8, 4) is 17.2 Å². The molecule has 1 heterocycles. The molecule has 2 rings (SSSR count). The summed E-state index contributed by atoms with van der Waals surface area (Å²) >= 11 is 0. The lowest BCUT2D eigenvalue weighted by molar-refractivity contribution is 0.324. The van der Waals surface area contributed by atoms with Gasteiger partial charge in [-0.15, -0.1) is 0 Å². The lowest BCUT2D eigenvalue weighted by Crippen LogP contribution is -2.46. The number of nitrogens with zero attached hydrogens (tertiary/aromatic N) is 1. The van der Waals surface area contributed by atoms with Gasteiger partial charge in [-0.1, -0.05) is 0 Å². The Morgan fingerprint density at radius 2 is 1.61 bits per heavy atom. The van der Waals surface area contributed by atoms with E-state index in [9.17, 15) is 13.6 Å². The Morgan fingerprint density at radius 1 is 1.04 bits per heavy atom. The number of rotatable bonds is 4. The second-order valence-electron chi connectivity index (χ2n) is 4.77. The molecule has 0 aromatic heterocycles. The van der Waals surface area contributed by atoms with Crippen LogP contribution in [-0.2, 0) is 10.3 Å². The number of hydroxylamine groups is 2. The fraction of sp³-hybridized carbons (Fsp3) is 0.267. The van der Waals surface area contributed by atoms with Crippen LogP contribution in [0.2, 0.25) is 0 Å². The molecule has 0 spiro atoms. The number of benzene rings is 1. The zero-order valence-electron chi connectivity index (χ0n) is 13.2. The van der Waals surface area contributed by atoms with Crippen molar-refractivity contribution in [2.45, 2.75) is 6.92 Å². The Hall–Kier alpha value is -2.29. The van der Waals surface area contributed by atoms with E-state index in [1.54, 1.807) is 13.0 Å². The van der Waals surface area contributed by atoms with Crippen LogP contribution >= 0.6 is 0 Å². The van der Waals surface area contributed by atoms with Crippen LogP contribution in [0, 0.1) is 5.21 Å². The van der Waals surface area contributed by atoms with Crippen LogP contribution in [0.3, 0.4) is 0 Å². The zero-order chi connectivity index (χ0) is 17.2. The highest BCUT2D eigenvalue weighted by atomic mass is 32.2. The Kier molecular flexibility index (Phi) is 4.79. The van der Waals surface area contributed by atoms with E-state index in [1.165, 1.54) is 45.7 Å². The third-order valence-electron chi connectivity index (χ3n) is 3.47. The fourth-order valence-electron chi connectivity index (χ4n) is 2.41. The monoisotopic (exact) mass is 339 g/mol. The largest absolute Gasteiger partial charge is 0.616 e. The van der Waals surface area contributed by atoms with Crippen LogP contribution in [0.25, 0.3) is 0 Å². The summed E-state index contributed by atoms with van der Waals surface area (Å²) in [6.07, 6.45) is 4.32. The Bertz CT molecular complexity index is 791. The Morgan fingerprint density at radius 3 is 2.04 bits per heavy atom. The molecule has 8 heteroatoms. The van der Waals surface area contributed by atoms with E-state index >= 15 is 0 Å². The highest BCUT2D eigenvalue weighted by molar-refractivity contribution is 7.73. The molecule has 1 atom stereocenters. The number of quaternary nitrogens is 1. The van der Waals surface area contributed by atoms with Gasteiger partial charge in [-0.05, 0) is 19.1 Å². The van der Waals surface area contributed by atoms with Gasteiger partial charge in [0.1, 0.15) is 6.20 Å². The van der Waals surface area contributed by atoms with Crippen molar-refractivity contribution < 1.29 is 22.6 Å². The SMILES string of the molecule is COc1cc([N+]2([O-])C=CC=C(C)C2=S(=O)=O)cc(OC)c1OC. The van der Waals surface area contributed by atoms with Gasteiger partial charge in [-0.25, -0.2) is 0 Å². The van der Waals surface area contributed by atoms with Crippen molar-refractivity contribution in [3.63, 3.8) is 0 Å². The van der Waals surface area contributed by atoms with Crippen LogP contribution in [0.1, 0.15) is 6.92 Å². The Balaban J connectivity index is 2.77. The van der Waals surface area contributed by atoms with E-state index in [-0.39, 0.29) is 22.2 Å². The highest BCUT2D eigenvalue weighted by Gasteiger charge is 2.33. The van der Waals surface area contributed by atoms with Gasteiger partial charge in [0.05, 0.1) is 21.3 Å². The maximum Gasteiger partial charge on any atom is 0.277 e. The molecule has 7 nitrogen and oxygen atoms in total.